The summed E-state index contributed by atoms with van der Waals surface area (Å²) < 4.78 is 5.85. The second-order valence-electron chi connectivity index (χ2n) is 4.29. The molecule has 2 nitrogen and oxygen atoms in total. The Morgan fingerprint density at radius 2 is 1.88 bits per heavy atom. The van der Waals surface area contributed by atoms with E-state index in [1.807, 2.05) is 30.3 Å². The van der Waals surface area contributed by atoms with E-state index in [-0.39, 0.29) is 6.10 Å². The zero-order valence-electron chi connectivity index (χ0n) is 9.47. The van der Waals surface area contributed by atoms with E-state index in [9.17, 15) is 5.11 Å². The number of hydrogen-bond acceptors (Lipinski definition) is 2. The maximum absolute atomic E-state index is 9.50. The summed E-state index contributed by atoms with van der Waals surface area (Å²) in [5.41, 5.74) is 3.52. The van der Waals surface area contributed by atoms with Crippen LogP contribution in [-0.4, -0.2) is 11.7 Å². The van der Waals surface area contributed by atoms with Gasteiger partial charge in [-0.05, 0) is 35.2 Å². The van der Waals surface area contributed by atoms with Crippen LogP contribution < -0.4 is 0 Å². The van der Waals surface area contributed by atoms with Crippen LogP contribution in [0.15, 0.2) is 48.5 Å². The molecule has 0 aliphatic carbocycles. The molecule has 1 atom stereocenters. The molecule has 2 aromatic carbocycles. The summed E-state index contributed by atoms with van der Waals surface area (Å²) in [7, 11) is 0. The van der Waals surface area contributed by atoms with E-state index < -0.39 is 0 Å². The second-order valence-corrected chi connectivity index (χ2v) is 4.29. The fourth-order valence-corrected chi connectivity index (χ4v) is 2.34. The fourth-order valence-electron chi connectivity index (χ4n) is 2.34. The molecule has 2 aromatic rings. The van der Waals surface area contributed by atoms with E-state index in [2.05, 4.69) is 12.1 Å². The highest BCUT2D eigenvalue weighted by atomic mass is 16.5. The van der Waals surface area contributed by atoms with Gasteiger partial charge in [-0.3, -0.25) is 0 Å². The smallest absolute Gasteiger partial charge is 0.115 e. The van der Waals surface area contributed by atoms with Crippen molar-refractivity contribution in [2.45, 2.75) is 12.5 Å². The van der Waals surface area contributed by atoms with Gasteiger partial charge in [0.1, 0.15) is 11.9 Å². The molecule has 1 aliphatic rings. The van der Waals surface area contributed by atoms with Crippen LogP contribution in [-0.2, 0) is 11.2 Å². The van der Waals surface area contributed by atoms with E-state index in [0.29, 0.717) is 12.4 Å². The van der Waals surface area contributed by atoms with Crippen LogP contribution in [0, 0.1) is 0 Å². The molecular formula is C15H14O2. The summed E-state index contributed by atoms with van der Waals surface area (Å²) >= 11 is 0. The molecule has 1 heterocycles. The first-order valence-electron chi connectivity index (χ1n) is 5.83. The van der Waals surface area contributed by atoms with Crippen molar-refractivity contribution in [1.29, 1.82) is 0 Å². The maximum atomic E-state index is 9.50. The fraction of sp³-hybridized carbons (Fsp3) is 0.200. The number of rotatable bonds is 1. The average Bonchev–Trinajstić information content (AvgIpc) is 2.39. The maximum Gasteiger partial charge on any atom is 0.115 e. The van der Waals surface area contributed by atoms with Gasteiger partial charge in [0.25, 0.3) is 0 Å². The predicted octanol–water partition coefficient (Wildman–Crippen LogP) is 3.05. The number of phenolic OH excluding ortho intramolecular Hbond substituents is 1. The molecule has 3 rings (SSSR count). The molecule has 86 valence electrons. The van der Waals surface area contributed by atoms with Gasteiger partial charge in [0.05, 0.1) is 6.61 Å². The Bertz CT molecular complexity index is 520. The minimum Gasteiger partial charge on any atom is -0.508 e. The molecule has 2 heteroatoms. The van der Waals surface area contributed by atoms with E-state index in [1.165, 1.54) is 16.7 Å². The molecule has 1 aliphatic heterocycles. The first kappa shape index (κ1) is 10.4. The van der Waals surface area contributed by atoms with Crippen molar-refractivity contribution in [3.8, 4) is 5.75 Å². The highest BCUT2D eigenvalue weighted by Gasteiger charge is 2.22. The number of hydrogen-bond donors (Lipinski definition) is 1. The van der Waals surface area contributed by atoms with Gasteiger partial charge < -0.3 is 9.84 Å². The van der Waals surface area contributed by atoms with Gasteiger partial charge in [-0.15, -0.1) is 0 Å². The molecule has 1 N–H and O–H groups in total. The largest absolute Gasteiger partial charge is 0.508 e. The summed E-state index contributed by atoms with van der Waals surface area (Å²) in [6, 6.07) is 15.7. The number of ether oxygens (including phenoxy) is 1. The van der Waals surface area contributed by atoms with Gasteiger partial charge in [0, 0.05) is 0 Å². The summed E-state index contributed by atoms with van der Waals surface area (Å²) in [5.74, 6) is 0.331. The highest BCUT2D eigenvalue weighted by Crippen LogP contribution is 2.34. The van der Waals surface area contributed by atoms with Crippen LogP contribution in [0.4, 0.5) is 0 Å². The molecule has 0 fully saturated rings. The quantitative estimate of drug-likeness (QED) is 0.809. The number of benzene rings is 2. The Kier molecular flexibility index (Phi) is 2.57. The Labute approximate surface area is 100 Å². The van der Waals surface area contributed by atoms with Crippen molar-refractivity contribution >= 4 is 0 Å². The van der Waals surface area contributed by atoms with Crippen LogP contribution in [0.5, 0.6) is 5.75 Å². The van der Waals surface area contributed by atoms with E-state index in [0.717, 1.165) is 6.42 Å². The van der Waals surface area contributed by atoms with Crippen molar-refractivity contribution in [2.24, 2.45) is 0 Å². The van der Waals surface area contributed by atoms with Crippen LogP contribution in [0.25, 0.3) is 0 Å². The molecule has 17 heavy (non-hydrogen) atoms. The van der Waals surface area contributed by atoms with E-state index in [4.69, 9.17) is 4.74 Å². The monoisotopic (exact) mass is 226 g/mol. The summed E-state index contributed by atoms with van der Waals surface area (Å²) in [4.78, 5) is 0. The van der Waals surface area contributed by atoms with Gasteiger partial charge in [-0.1, -0.05) is 36.4 Å². The van der Waals surface area contributed by atoms with Crippen LogP contribution in [0.2, 0.25) is 0 Å². The third-order valence-electron chi connectivity index (χ3n) is 3.17. The number of fused-ring (bicyclic) bond motifs is 1. The lowest BCUT2D eigenvalue weighted by Crippen LogP contribution is -2.17. The number of aromatic hydroxyl groups is 1. The third-order valence-corrected chi connectivity index (χ3v) is 3.17. The minimum absolute atomic E-state index is 0.000509. The van der Waals surface area contributed by atoms with Crippen molar-refractivity contribution in [3.05, 3.63) is 65.2 Å². The molecule has 0 amide bonds. The predicted molar refractivity (Wildman–Crippen MR) is 66.0 cm³/mol. The van der Waals surface area contributed by atoms with Crippen LogP contribution in [0.1, 0.15) is 22.8 Å². The molecule has 0 unspecified atom stereocenters. The van der Waals surface area contributed by atoms with Crippen molar-refractivity contribution < 1.29 is 9.84 Å². The van der Waals surface area contributed by atoms with E-state index >= 15 is 0 Å². The van der Waals surface area contributed by atoms with Gasteiger partial charge in [-0.2, -0.15) is 0 Å². The highest BCUT2D eigenvalue weighted by molar-refractivity contribution is 5.41. The standard InChI is InChI=1S/C15H14O2/c16-13-6-7-14-12(10-13)8-9-17-15(14)11-4-2-1-3-5-11/h1-7,10,15-16H,8-9H2/t15-/m0/s1. The Morgan fingerprint density at radius 3 is 2.71 bits per heavy atom. The summed E-state index contributed by atoms with van der Waals surface area (Å²) in [6.45, 7) is 0.704. The molecule has 0 bridgehead atoms. The third kappa shape index (κ3) is 1.92. The Morgan fingerprint density at radius 1 is 1.06 bits per heavy atom. The zero-order chi connectivity index (χ0) is 11.7. The first-order chi connectivity index (χ1) is 8.34. The molecule has 0 aromatic heterocycles. The first-order valence-corrected chi connectivity index (χ1v) is 5.83. The van der Waals surface area contributed by atoms with Crippen molar-refractivity contribution in [3.63, 3.8) is 0 Å². The molecule has 0 saturated heterocycles. The molecule has 0 spiro atoms. The SMILES string of the molecule is Oc1ccc2c(c1)CCO[C@H]2c1ccccc1. The second kappa shape index (κ2) is 4.22. The van der Waals surface area contributed by atoms with Gasteiger partial charge in [0.15, 0.2) is 0 Å². The van der Waals surface area contributed by atoms with Gasteiger partial charge in [0.2, 0.25) is 0 Å². The van der Waals surface area contributed by atoms with E-state index in [1.54, 1.807) is 6.07 Å². The van der Waals surface area contributed by atoms with Crippen LogP contribution >= 0.6 is 0 Å². The van der Waals surface area contributed by atoms with Crippen molar-refractivity contribution in [1.82, 2.24) is 0 Å². The van der Waals surface area contributed by atoms with Gasteiger partial charge >= 0.3 is 0 Å². The van der Waals surface area contributed by atoms with Crippen molar-refractivity contribution in [2.75, 3.05) is 6.61 Å². The zero-order valence-corrected chi connectivity index (χ0v) is 9.47. The van der Waals surface area contributed by atoms with Gasteiger partial charge in [-0.25, -0.2) is 0 Å². The Hall–Kier alpha value is -1.80. The number of phenols is 1. The lowest BCUT2D eigenvalue weighted by molar-refractivity contribution is 0.0697. The Balaban J connectivity index is 2.06. The minimum atomic E-state index is 0.000509. The van der Waals surface area contributed by atoms with Crippen LogP contribution in [0.3, 0.4) is 0 Å². The average molecular weight is 226 g/mol. The lowest BCUT2D eigenvalue weighted by Gasteiger charge is -2.26. The molecular weight excluding hydrogens is 212 g/mol. The lowest BCUT2D eigenvalue weighted by atomic mass is 9.93. The molecule has 0 saturated carbocycles. The summed E-state index contributed by atoms with van der Waals surface area (Å²) in [5, 5.41) is 9.50. The molecule has 0 radical (unpaired) electrons. The topological polar surface area (TPSA) is 29.5 Å². The summed E-state index contributed by atoms with van der Waals surface area (Å²) in [6.07, 6.45) is 0.869. The normalized spacial score (nSPS) is 18.7.